The summed E-state index contributed by atoms with van der Waals surface area (Å²) in [6, 6.07) is 13.1. The maximum Gasteiger partial charge on any atom is 0.306 e. The van der Waals surface area contributed by atoms with E-state index in [2.05, 4.69) is 9.97 Å². The molecule has 4 rings (SSSR count). The Labute approximate surface area is 167 Å². The van der Waals surface area contributed by atoms with Crippen LogP contribution in [0.15, 0.2) is 48.7 Å². The zero-order chi connectivity index (χ0) is 19.5. The van der Waals surface area contributed by atoms with Gasteiger partial charge in [0.05, 0.1) is 29.2 Å². The second-order valence-electron chi connectivity index (χ2n) is 6.74. The van der Waals surface area contributed by atoms with Gasteiger partial charge in [-0.1, -0.05) is 23.7 Å². The minimum Gasteiger partial charge on any atom is -0.491 e. The number of aromatic nitrogens is 2. The molecule has 7 heteroatoms. The number of aliphatic carboxylic acids is 1. The first-order valence-electron chi connectivity index (χ1n) is 9.09. The molecular formula is C21H19ClN2O4. The van der Waals surface area contributed by atoms with E-state index in [9.17, 15) is 4.79 Å². The predicted molar refractivity (Wildman–Crippen MR) is 106 cm³/mol. The molecule has 28 heavy (non-hydrogen) atoms. The van der Waals surface area contributed by atoms with Gasteiger partial charge in [0.1, 0.15) is 12.4 Å². The number of carboxylic acids is 1. The van der Waals surface area contributed by atoms with Gasteiger partial charge in [0, 0.05) is 17.1 Å². The van der Waals surface area contributed by atoms with Crippen LogP contribution in [0, 0.1) is 5.92 Å². The van der Waals surface area contributed by atoms with Crippen molar-refractivity contribution in [1.82, 2.24) is 9.97 Å². The number of benzene rings is 2. The van der Waals surface area contributed by atoms with Gasteiger partial charge in [-0.3, -0.25) is 4.79 Å². The summed E-state index contributed by atoms with van der Waals surface area (Å²) in [5.41, 5.74) is 1.60. The Hall–Kier alpha value is -2.70. The van der Waals surface area contributed by atoms with Crippen molar-refractivity contribution in [1.29, 1.82) is 0 Å². The molecule has 1 N–H and O–H groups in total. The minimum absolute atomic E-state index is 0.0314. The van der Waals surface area contributed by atoms with Crippen LogP contribution in [0.1, 0.15) is 12.8 Å². The molecule has 0 radical (unpaired) electrons. The lowest BCUT2D eigenvalue weighted by atomic mass is 9.82. The third-order valence-electron chi connectivity index (χ3n) is 4.82. The van der Waals surface area contributed by atoms with Gasteiger partial charge in [0.25, 0.3) is 0 Å². The van der Waals surface area contributed by atoms with Gasteiger partial charge in [0.15, 0.2) is 5.82 Å². The van der Waals surface area contributed by atoms with Crippen molar-refractivity contribution in [3.8, 4) is 17.1 Å². The number of hydrogen-bond acceptors (Lipinski definition) is 5. The molecule has 1 aromatic heterocycles. The maximum atomic E-state index is 10.8. The molecule has 6 nitrogen and oxygen atoms in total. The van der Waals surface area contributed by atoms with E-state index in [1.807, 2.05) is 42.5 Å². The van der Waals surface area contributed by atoms with E-state index in [1.54, 1.807) is 6.20 Å². The van der Waals surface area contributed by atoms with Crippen molar-refractivity contribution in [2.24, 2.45) is 5.92 Å². The summed E-state index contributed by atoms with van der Waals surface area (Å²) in [7, 11) is 0. The van der Waals surface area contributed by atoms with Crippen molar-refractivity contribution >= 4 is 28.5 Å². The summed E-state index contributed by atoms with van der Waals surface area (Å²) in [4.78, 5) is 19.7. The molecule has 1 saturated carbocycles. The second kappa shape index (κ2) is 8.12. The normalized spacial score (nSPS) is 18.6. The molecule has 1 heterocycles. The first-order valence-corrected chi connectivity index (χ1v) is 9.47. The number of carboxylic acid groups (broad SMARTS) is 1. The lowest BCUT2D eigenvalue weighted by Gasteiger charge is -2.31. The Morgan fingerprint density at radius 3 is 2.68 bits per heavy atom. The lowest BCUT2D eigenvalue weighted by molar-refractivity contribution is -0.151. The maximum absolute atomic E-state index is 10.8. The summed E-state index contributed by atoms with van der Waals surface area (Å²) in [5.74, 6) is 0.330. The summed E-state index contributed by atoms with van der Waals surface area (Å²) >= 11 is 6.22. The van der Waals surface area contributed by atoms with E-state index in [0.717, 1.165) is 22.2 Å². The molecule has 2 aromatic carbocycles. The van der Waals surface area contributed by atoms with Crippen LogP contribution in [0.2, 0.25) is 5.02 Å². The molecule has 0 amide bonds. The van der Waals surface area contributed by atoms with Gasteiger partial charge < -0.3 is 14.6 Å². The third-order valence-corrected chi connectivity index (χ3v) is 5.13. The number of ether oxygens (including phenoxy) is 2. The predicted octanol–water partition coefficient (Wildman–Crippen LogP) is 4.21. The van der Waals surface area contributed by atoms with Crippen molar-refractivity contribution in [3.05, 3.63) is 53.7 Å². The number of carbonyl (C=O) groups is 1. The fourth-order valence-electron chi connectivity index (χ4n) is 3.14. The highest BCUT2D eigenvalue weighted by Crippen LogP contribution is 2.30. The Bertz CT molecular complexity index is 987. The number of rotatable bonds is 7. The highest BCUT2D eigenvalue weighted by Gasteiger charge is 2.34. The summed E-state index contributed by atoms with van der Waals surface area (Å²) in [6.45, 7) is 0.848. The van der Waals surface area contributed by atoms with E-state index < -0.39 is 5.97 Å². The van der Waals surface area contributed by atoms with Crippen LogP contribution in [-0.4, -0.2) is 40.4 Å². The number of nitrogens with zero attached hydrogens (tertiary/aromatic N) is 2. The van der Waals surface area contributed by atoms with Crippen LogP contribution < -0.4 is 4.74 Å². The quantitative estimate of drug-likeness (QED) is 0.600. The summed E-state index contributed by atoms with van der Waals surface area (Å²) in [5, 5.41) is 10.3. The molecule has 0 saturated heterocycles. The van der Waals surface area contributed by atoms with E-state index in [4.69, 9.17) is 26.2 Å². The van der Waals surface area contributed by atoms with Gasteiger partial charge in [-0.05, 0) is 43.2 Å². The molecule has 1 aliphatic rings. The number of halogens is 1. The van der Waals surface area contributed by atoms with Crippen LogP contribution in [0.3, 0.4) is 0 Å². The van der Waals surface area contributed by atoms with Crippen molar-refractivity contribution < 1.29 is 19.4 Å². The van der Waals surface area contributed by atoms with Crippen molar-refractivity contribution in [3.63, 3.8) is 0 Å². The van der Waals surface area contributed by atoms with Crippen molar-refractivity contribution in [2.45, 2.75) is 18.9 Å². The van der Waals surface area contributed by atoms with E-state index in [0.29, 0.717) is 36.9 Å². The minimum atomic E-state index is -0.742. The van der Waals surface area contributed by atoms with E-state index >= 15 is 0 Å². The fourth-order valence-corrected chi connectivity index (χ4v) is 3.36. The fraction of sp³-hybridized carbons (Fsp3) is 0.286. The van der Waals surface area contributed by atoms with Crippen LogP contribution in [0.5, 0.6) is 5.75 Å². The molecule has 0 atom stereocenters. The van der Waals surface area contributed by atoms with Crippen LogP contribution in [-0.2, 0) is 9.53 Å². The first-order chi connectivity index (χ1) is 13.6. The number of para-hydroxylation sites is 1. The number of fused-ring (bicyclic) bond motifs is 1. The molecule has 0 aliphatic heterocycles. The van der Waals surface area contributed by atoms with Crippen LogP contribution >= 0.6 is 11.6 Å². The average molecular weight is 399 g/mol. The Kier molecular flexibility index (Phi) is 5.41. The SMILES string of the molecule is O=C(O)[C@H]1C[C@@H](OCCOc2ccc(-c3ncc4cccc(Cl)c4n3)cc2)C1. The van der Waals surface area contributed by atoms with E-state index in [1.165, 1.54) is 0 Å². The highest BCUT2D eigenvalue weighted by atomic mass is 35.5. The molecule has 0 unspecified atom stereocenters. The lowest BCUT2D eigenvalue weighted by Crippen LogP contribution is -2.36. The average Bonchev–Trinajstić information content (AvgIpc) is 2.66. The summed E-state index contributed by atoms with van der Waals surface area (Å²) in [6.07, 6.45) is 2.96. The standard InChI is InChI=1S/C21H19ClN2O4/c22-18-3-1-2-14-12-23-20(24-19(14)18)13-4-6-16(7-5-13)27-8-9-28-17-10-15(11-17)21(25)26/h1-7,12,15,17H,8-11H2,(H,25,26)/t15-,17+. The monoisotopic (exact) mass is 398 g/mol. The molecular weight excluding hydrogens is 380 g/mol. The van der Waals surface area contributed by atoms with Gasteiger partial charge in [0.2, 0.25) is 0 Å². The third kappa shape index (κ3) is 4.08. The van der Waals surface area contributed by atoms with Crippen LogP contribution in [0.4, 0.5) is 0 Å². The highest BCUT2D eigenvalue weighted by molar-refractivity contribution is 6.35. The summed E-state index contributed by atoms with van der Waals surface area (Å²) < 4.78 is 11.3. The van der Waals surface area contributed by atoms with Crippen molar-refractivity contribution in [2.75, 3.05) is 13.2 Å². The molecule has 1 aliphatic carbocycles. The van der Waals surface area contributed by atoms with Gasteiger partial charge in [-0.2, -0.15) is 0 Å². The Balaban J connectivity index is 1.31. The molecule has 1 fully saturated rings. The topological polar surface area (TPSA) is 81.5 Å². The van der Waals surface area contributed by atoms with E-state index in [-0.39, 0.29) is 12.0 Å². The zero-order valence-corrected chi connectivity index (χ0v) is 15.8. The second-order valence-corrected chi connectivity index (χ2v) is 7.15. The number of hydrogen-bond donors (Lipinski definition) is 1. The Morgan fingerprint density at radius 2 is 1.93 bits per heavy atom. The van der Waals surface area contributed by atoms with Gasteiger partial charge in [-0.25, -0.2) is 9.97 Å². The smallest absolute Gasteiger partial charge is 0.306 e. The molecule has 144 valence electrons. The largest absolute Gasteiger partial charge is 0.491 e. The van der Waals surface area contributed by atoms with Gasteiger partial charge in [-0.15, -0.1) is 0 Å². The molecule has 3 aromatic rings. The van der Waals surface area contributed by atoms with Gasteiger partial charge >= 0.3 is 5.97 Å². The van der Waals surface area contributed by atoms with Crippen LogP contribution in [0.25, 0.3) is 22.3 Å². The molecule has 0 spiro atoms. The Morgan fingerprint density at radius 1 is 1.14 bits per heavy atom. The molecule has 0 bridgehead atoms. The zero-order valence-electron chi connectivity index (χ0n) is 15.0. The first kappa shape index (κ1) is 18.7.